The molecule has 0 fully saturated rings. The molecule has 0 aliphatic rings. The van der Waals surface area contributed by atoms with Crippen molar-refractivity contribution >= 4 is 0 Å². The molecule has 0 aliphatic heterocycles. The standard InChI is InChI=1S/C10H20F3NO2/c1-8(2)4-14-5-9(6-15-3)16-7-10(11,12)13/h8-9,14H,4-7H2,1-3H3. The molecule has 0 aromatic carbocycles. The average Bonchev–Trinajstić information content (AvgIpc) is 2.12. The Kier molecular flexibility index (Phi) is 7.70. The molecule has 0 aromatic heterocycles. The lowest BCUT2D eigenvalue weighted by atomic mass is 10.2. The van der Waals surface area contributed by atoms with Crippen LogP contribution in [0.15, 0.2) is 0 Å². The quantitative estimate of drug-likeness (QED) is 0.705. The number of hydrogen-bond donors (Lipinski definition) is 1. The SMILES string of the molecule is COCC(CNCC(C)C)OCC(F)(F)F. The second-order valence-corrected chi connectivity index (χ2v) is 4.06. The van der Waals surface area contributed by atoms with Gasteiger partial charge < -0.3 is 14.8 Å². The Balaban J connectivity index is 3.79. The van der Waals surface area contributed by atoms with Crippen molar-refractivity contribution in [3.8, 4) is 0 Å². The van der Waals surface area contributed by atoms with Crippen molar-refractivity contribution in [2.45, 2.75) is 26.1 Å². The van der Waals surface area contributed by atoms with Crippen LogP contribution < -0.4 is 5.32 Å². The summed E-state index contributed by atoms with van der Waals surface area (Å²) in [5.74, 6) is 0.450. The fourth-order valence-corrected chi connectivity index (χ4v) is 1.10. The van der Waals surface area contributed by atoms with Crippen molar-refractivity contribution in [2.75, 3.05) is 33.4 Å². The van der Waals surface area contributed by atoms with Gasteiger partial charge in [0.25, 0.3) is 0 Å². The maximum absolute atomic E-state index is 11.9. The second-order valence-electron chi connectivity index (χ2n) is 4.06. The van der Waals surface area contributed by atoms with Gasteiger partial charge >= 0.3 is 6.18 Å². The molecule has 0 aliphatic carbocycles. The number of rotatable bonds is 8. The summed E-state index contributed by atoms with van der Waals surface area (Å²) in [6.07, 6.45) is -4.85. The van der Waals surface area contributed by atoms with Gasteiger partial charge in [0, 0.05) is 13.7 Å². The van der Waals surface area contributed by atoms with Gasteiger partial charge in [-0.3, -0.25) is 0 Å². The molecule has 1 atom stereocenters. The molecule has 0 rings (SSSR count). The maximum atomic E-state index is 11.9. The van der Waals surface area contributed by atoms with Crippen LogP contribution in [0.1, 0.15) is 13.8 Å². The Hall–Kier alpha value is -0.330. The van der Waals surface area contributed by atoms with E-state index < -0.39 is 18.9 Å². The van der Waals surface area contributed by atoms with Crippen molar-refractivity contribution in [1.29, 1.82) is 0 Å². The highest BCUT2D eigenvalue weighted by molar-refractivity contribution is 4.63. The number of hydrogen-bond acceptors (Lipinski definition) is 3. The predicted molar refractivity (Wildman–Crippen MR) is 55.4 cm³/mol. The number of alkyl halides is 3. The molecule has 0 saturated carbocycles. The number of halogens is 3. The van der Waals surface area contributed by atoms with E-state index in [0.717, 1.165) is 6.54 Å². The number of nitrogens with one attached hydrogen (secondary N) is 1. The zero-order chi connectivity index (χ0) is 12.6. The summed E-state index contributed by atoms with van der Waals surface area (Å²) >= 11 is 0. The van der Waals surface area contributed by atoms with Gasteiger partial charge in [-0.25, -0.2) is 0 Å². The smallest absolute Gasteiger partial charge is 0.382 e. The third kappa shape index (κ3) is 10.2. The Morgan fingerprint density at radius 3 is 2.25 bits per heavy atom. The summed E-state index contributed by atoms with van der Waals surface area (Å²) in [4.78, 5) is 0. The monoisotopic (exact) mass is 243 g/mol. The fourth-order valence-electron chi connectivity index (χ4n) is 1.10. The molecular weight excluding hydrogens is 223 g/mol. The van der Waals surface area contributed by atoms with Crippen LogP contribution in [0.5, 0.6) is 0 Å². The molecule has 1 N–H and O–H groups in total. The highest BCUT2D eigenvalue weighted by Gasteiger charge is 2.29. The van der Waals surface area contributed by atoms with E-state index in [0.29, 0.717) is 12.5 Å². The molecule has 0 radical (unpaired) electrons. The second kappa shape index (κ2) is 7.86. The van der Waals surface area contributed by atoms with E-state index in [1.807, 2.05) is 13.8 Å². The van der Waals surface area contributed by atoms with Gasteiger partial charge in [-0.2, -0.15) is 13.2 Å². The third-order valence-electron chi connectivity index (χ3n) is 1.76. The molecule has 0 amide bonds. The summed E-state index contributed by atoms with van der Waals surface area (Å²) in [5.41, 5.74) is 0. The minimum atomic E-state index is -4.29. The van der Waals surface area contributed by atoms with Gasteiger partial charge in [0.2, 0.25) is 0 Å². The fraction of sp³-hybridized carbons (Fsp3) is 1.00. The van der Waals surface area contributed by atoms with Gasteiger partial charge in [-0.15, -0.1) is 0 Å². The first-order chi connectivity index (χ1) is 7.35. The van der Waals surface area contributed by atoms with Crippen molar-refractivity contribution in [2.24, 2.45) is 5.92 Å². The summed E-state index contributed by atoms with van der Waals surface area (Å²) in [6, 6.07) is 0. The summed E-state index contributed by atoms with van der Waals surface area (Å²) < 4.78 is 45.3. The molecule has 0 spiro atoms. The molecule has 6 heteroatoms. The molecule has 98 valence electrons. The summed E-state index contributed by atoms with van der Waals surface area (Å²) in [6.45, 7) is 4.08. The van der Waals surface area contributed by atoms with Crippen LogP contribution in [-0.4, -0.2) is 45.7 Å². The topological polar surface area (TPSA) is 30.5 Å². The molecule has 0 saturated heterocycles. The Morgan fingerprint density at radius 1 is 1.19 bits per heavy atom. The molecule has 0 bridgehead atoms. The van der Waals surface area contributed by atoms with E-state index in [2.05, 4.69) is 5.32 Å². The minimum Gasteiger partial charge on any atom is -0.382 e. The average molecular weight is 243 g/mol. The highest BCUT2D eigenvalue weighted by atomic mass is 19.4. The highest BCUT2D eigenvalue weighted by Crippen LogP contribution is 2.15. The number of methoxy groups -OCH3 is 1. The molecule has 3 nitrogen and oxygen atoms in total. The van der Waals surface area contributed by atoms with Crippen LogP contribution in [0.3, 0.4) is 0 Å². The van der Waals surface area contributed by atoms with Crippen LogP contribution in [0.2, 0.25) is 0 Å². The lowest BCUT2D eigenvalue weighted by Crippen LogP contribution is -2.36. The van der Waals surface area contributed by atoms with Crippen molar-refractivity contribution in [3.05, 3.63) is 0 Å². The van der Waals surface area contributed by atoms with Crippen LogP contribution >= 0.6 is 0 Å². The maximum Gasteiger partial charge on any atom is 0.411 e. The first kappa shape index (κ1) is 15.7. The van der Waals surface area contributed by atoms with Crippen LogP contribution in [0, 0.1) is 5.92 Å². The zero-order valence-electron chi connectivity index (χ0n) is 9.93. The Labute approximate surface area is 94.3 Å². The van der Waals surface area contributed by atoms with Crippen LogP contribution in [0.25, 0.3) is 0 Å². The van der Waals surface area contributed by atoms with Crippen molar-refractivity contribution in [1.82, 2.24) is 5.32 Å². The zero-order valence-corrected chi connectivity index (χ0v) is 9.93. The molecule has 0 heterocycles. The van der Waals surface area contributed by atoms with Crippen LogP contribution in [0.4, 0.5) is 13.2 Å². The van der Waals surface area contributed by atoms with E-state index >= 15 is 0 Å². The molecular formula is C10H20F3NO2. The molecule has 1 unspecified atom stereocenters. The Bertz CT molecular complexity index is 174. The predicted octanol–water partition coefficient (Wildman–Crippen LogP) is 1.83. The summed E-state index contributed by atoms with van der Waals surface area (Å²) in [7, 11) is 1.44. The molecule has 16 heavy (non-hydrogen) atoms. The lowest BCUT2D eigenvalue weighted by Gasteiger charge is -2.19. The lowest BCUT2D eigenvalue weighted by molar-refractivity contribution is -0.188. The van der Waals surface area contributed by atoms with E-state index in [1.54, 1.807) is 0 Å². The van der Waals surface area contributed by atoms with Crippen LogP contribution in [-0.2, 0) is 9.47 Å². The minimum absolute atomic E-state index is 0.154. The van der Waals surface area contributed by atoms with Gasteiger partial charge in [0.1, 0.15) is 6.61 Å². The van der Waals surface area contributed by atoms with E-state index in [9.17, 15) is 13.2 Å². The van der Waals surface area contributed by atoms with E-state index in [-0.39, 0.29) is 6.61 Å². The summed E-state index contributed by atoms with van der Waals surface area (Å²) in [5, 5.41) is 3.03. The van der Waals surface area contributed by atoms with Crippen molar-refractivity contribution in [3.63, 3.8) is 0 Å². The van der Waals surface area contributed by atoms with E-state index in [1.165, 1.54) is 7.11 Å². The van der Waals surface area contributed by atoms with Gasteiger partial charge in [0.15, 0.2) is 0 Å². The van der Waals surface area contributed by atoms with E-state index in [4.69, 9.17) is 9.47 Å². The first-order valence-electron chi connectivity index (χ1n) is 5.23. The molecule has 0 aromatic rings. The van der Waals surface area contributed by atoms with Gasteiger partial charge in [0.05, 0.1) is 12.7 Å². The largest absolute Gasteiger partial charge is 0.411 e. The normalized spacial score (nSPS) is 14.4. The first-order valence-corrected chi connectivity index (χ1v) is 5.23. The third-order valence-corrected chi connectivity index (χ3v) is 1.76. The number of ether oxygens (including phenoxy) is 2. The van der Waals surface area contributed by atoms with Crippen molar-refractivity contribution < 1.29 is 22.6 Å². The van der Waals surface area contributed by atoms with Gasteiger partial charge in [-0.1, -0.05) is 13.8 Å². The van der Waals surface area contributed by atoms with Gasteiger partial charge in [-0.05, 0) is 12.5 Å². The Morgan fingerprint density at radius 2 is 1.81 bits per heavy atom.